The molecule has 0 saturated carbocycles. The second kappa shape index (κ2) is 6.87. The van der Waals surface area contributed by atoms with Crippen molar-refractivity contribution in [1.82, 2.24) is 14.9 Å². The number of hydrogen-bond donors (Lipinski definition) is 2. The fourth-order valence-electron chi connectivity index (χ4n) is 3.88. The molecule has 0 aliphatic heterocycles. The number of aromatic amines is 1. The molecule has 1 heterocycles. The van der Waals surface area contributed by atoms with Crippen LogP contribution in [0, 0.1) is 0 Å². The lowest BCUT2D eigenvalue weighted by molar-refractivity contribution is 0.0933. The summed E-state index contributed by atoms with van der Waals surface area (Å²) in [6, 6.07) is 13.2. The van der Waals surface area contributed by atoms with Gasteiger partial charge in [0.15, 0.2) is 0 Å². The van der Waals surface area contributed by atoms with E-state index in [4.69, 9.17) is 0 Å². The lowest BCUT2D eigenvalue weighted by atomic mass is 9.87. The maximum Gasteiger partial charge on any atom is 0.316 e. The van der Waals surface area contributed by atoms with Crippen molar-refractivity contribution in [2.75, 3.05) is 0 Å². The van der Waals surface area contributed by atoms with E-state index < -0.39 is 11.1 Å². The first-order valence-corrected chi connectivity index (χ1v) is 9.24. The fourth-order valence-corrected chi connectivity index (χ4v) is 3.88. The molecule has 0 bridgehead atoms. The minimum Gasteiger partial charge on any atom is -0.345 e. The maximum absolute atomic E-state index is 12.8. The predicted octanol–water partition coefficient (Wildman–Crippen LogP) is 2.52. The summed E-state index contributed by atoms with van der Waals surface area (Å²) < 4.78 is 1.41. The van der Waals surface area contributed by atoms with E-state index in [1.807, 2.05) is 12.1 Å². The molecule has 0 fully saturated rings. The van der Waals surface area contributed by atoms with Crippen LogP contribution in [0.2, 0.25) is 0 Å². The minimum absolute atomic E-state index is 0.0122. The Hall–Kier alpha value is -3.15. The number of aryl methyl sites for hydroxylation is 2. The first-order chi connectivity index (χ1) is 13.1. The van der Waals surface area contributed by atoms with Crippen LogP contribution in [0.15, 0.2) is 52.1 Å². The van der Waals surface area contributed by atoms with E-state index >= 15 is 0 Å². The number of fused-ring (bicyclic) bond motifs is 2. The Kier molecular flexibility index (Phi) is 4.39. The van der Waals surface area contributed by atoms with Gasteiger partial charge < -0.3 is 14.9 Å². The molecule has 1 aliphatic rings. The normalized spacial score (nSPS) is 16.1. The lowest BCUT2D eigenvalue weighted by Gasteiger charge is -2.26. The summed E-state index contributed by atoms with van der Waals surface area (Å²) in [7, 11) is 0. The number of carbonyl (C=O) groups is 1. The van der Waals surface area contributed by atoms with Crippen LogP contribution in [0.3, 0.4) is 0 Å². The Morgan fingerprint density at radius 1 is 1.22 bits per heavy atom. The van der Waals surface area contributed by atoms with Gasteiger partial charge in [-0.3, -0.25) is 14.4 Å². The summed E-state index contributed by atoms with van der Waals surface area (Å²) in [6.45, 7) is 2.20. The zero-order valence-corrected chi connectivity index (χ0v) is 15.1. The quantitative estimate of drug-likeness (QED) is 0.702. The number of hydrogen-bond acceptors (Lipinski definition) is 3. The molecule has 3 aromatic rings. The van der Waals surface area contributed by atoms with Crippen molar-refractivity contribution in [3.05, 3.63) is 79.9 Å². The van der Waals surface area contributed by atoms with Gasteiger partial charge in [-0.05, 0) is 55.5 Å². The van der Waals surface area contributed by atoms with Crippen molar-refractivity contribution in [2.45, 2.75) is 38.8 Å². The highest BCUT2D eigenvalue weighted by atomic mass is 16.2. The molecular weight excluding hydrogens is 342 g/mol. The number of aromatic nitrogens is 2. The molecule has 2 N–H and O–H groups in total. The molecule has 1 atom stereocenters. The van der Waals surface area contributed by atoms with Crippen molar-refractivity contribution >= 4 is 16.9 Å². The number of H-pyrrole nitrogens is 1. The molecule has 27 heavy (non-hydrogen) atoms. The van der Waals surface area contributed by atoms with Crippen LogP contribution in [0.5, 0.6) is 0 Å². The van der Waals surface area contributed by atoms with E-state index in [-0.39, 0.29) is 11.9 Å². The van der Waals surface area contributed by atoms with Crippen molar-refractivity contribution in [3.63, 3.8) is 0 Å². The number of nitrogens with zero attached hydrogens (tertiary/aromatic N) is 1. The third-order valence-corrected chi connectivity index (χ3v) is 5.23. The Labute approximate surface area is 155 Å². The number of amides is 1. The van der Waals surface area contributed by atoms with Gasteiger partial charge in [0.2, 0.25) is 0 Å². The Bertz CT molecular complexity index is 1140. The summed E-state index contributed by atoms with van der Waals surface area (Å²) in [6.07, 6.45) is 2.98. The predicted molar refractivity (Wildman–Crippen MR) is 104 cm³/mol. The van der Waals surface area contributed by atoms with E-state index in [0.717, 1.165) is 19.3 Å². The summed E-state index contributed by atoms with van der Waals surface area (Å²) in [5, 5.41) is 3.11. The highest BCUT2D eigenvalue weighted by Gasteiger charge is 2.22. The van der Waals surface area contributed by atoms with Gasteiger partial charge in [-0.15, -0.1) is 0 Å². The summed E-state index contributed by atoms with van der Waals surface area (Å²) in [5.74, 6) is -0.186. The third-order valence-electron chi connectivity index (χ3n) is 5.23. The van der Waals surface area contributed by atoms with Crippen molar-refractivity contribution in [1.29, 1.82) is 0 Å². The Morgan fingerprint density at radius 3 is 2.85 bits per heavy atom. The second-order valence-electron chi connectivity index (χ2n) is 6.85. The zero-order valence-electron chi connectivity index (χ0n) is 15.1. The zero-order chi connectivity index (χ0) is 19.0. The number of rotatable bonds is 3. The SMILES string of the molecule is CCn1c(=O)c(=O)[nH]c2cc(C(=O)N[C@@H]3CCCc4ccccc43)ccc21. The van der Waals surface area contributed by atoms with Gasteiger partial charge in [-0.25, -0.2) is 0 Å². The largest absolute Gasteiger partial charge is 0.345 e. The molecular formula is C21H21N3O3. The molecule has 0 saturated heterocycles. The first kappa shape index (κ1) is 17.3. The summed E-state index contributed by atoms with van der Waals surface area (Å²) >= 11 is 0. The van der Waals surface area contributed by atoms with Crippen molar-refractivity contribution < 1.29 is 4.79 Å². The lowest BCUT2D eigenvalue weighted by Crippen LogP contribution is -2.36. The highest BCUT2D eigenvalue weighted by molar-refractivity contribution is 5.97. The van der Waals surface area contributed by atoms with Gasteiger partial charge >= 0.3 is 11.1 Å². The molecule has 6 nitrogen and oxygen atoms in total. The number of carbonyl (C=O) groups excluding carboxylic acids is 1. The van der Waals surface area contributed by atoms with E-state index in [1.165, 1.54) is 15.7 Å². The summed E-state index contributed by atoms with van der Waals surface area (Å²) in [4.78, 5) is 39.2. The standard InChI is InChI=1S/C21H21N3O3/c1-2-24-18-11-10-14(12-17(18)23-20(26)21(24)27)19(25)22-16-9-5-7-13-6-3-4-8-15(13)16/h3-4,6,8,10-12,16H,2,5,7,9H2,1H3,(H,22,25)(H,23,26)/t16-/m1/s1. The van der Waals surface area contributed by atoms with Crippen LogP contribution in [0.25, 0.3) is 11.0 Å². The van der Waals surface area contributed by atoms with Gasteiger partial charge in [-0.2, -0.15) is 0 Å². The van der Waals surface area contributed by atoms with Crippen LogP contribution >= 0.6 is 0 Å². The van der Waals surface area contributed by atoms with Crippen molar-refractivity contribution in [3.8, 4) is 0 Å². The number of nitrogens with one attached hydrogen (secondary N) is 2. The molecule has 4 rings (SSSR count). The first-order valence-electron chi connectivity index (χ1n) is 9.24. The molecule has 0 unspecified atom stereocenters. The molecule has 1 aromatic heterocycles. The molecule has 1 amide bonds. The van der Waals surface area contributed by atoms with Crippen LogP contribution in [0.1, 0.15) is 47.3 Å². The van der Waals surface area contributed by atoms with Gasteiger partial charge in [0.25, 0.3) is 5.91 Å². The molecule has 6 heteroatoms. The van der Waals surface area contributed by atoms with E-state index in [0.29, 0.717) is 23.1 Å². The van der Waals surface area contributed by atoms with Crippen LogP contribution in [0.4, 0.5) is 0 Å². The maximum atomic E-state index is 12.8. The van der Waals surface area contributed by atoms with Crippen molar-refractivity contribution in [2.24, 2.45) is 0 Å². The van der Waals surface area contributed by atoms with Crippen LogP contribution < -0.4 is 16.4 Å². The Balaban J connectivity index is 1.67. The monoisotopic (exact) mass is 363 g/mol. The smallest absolute Gasteiger partial charge is 0.316 e. The third kappa shape index (κ3) is 3.07. The molecule has 2 aromatic carbocycles. The molecule has 1 aliphatic carbocycles. The molecule has 0 radical (unpaired) electrons. The van der Waals surface area contributed by atoms with Gasteiger partial charge in [0.1, 0.15) is 0 Å². The number of benzene rings is 2. The molecule has 138 valence electrons. The second-order valence-corrected chi connectivity index (χ2v) is 6.85. The fraction of sp³-hybridized carbons (Fsp3) is 0.286. The van der Waals surface area contributed by atoms with E-state index in [1.54, 1.807) is 25.1 Å². The minimum atomic E-state index is -0.678. The van der Waals surface area contributed by atoms with E-state index in [2.05, 4.69) is 22.4 Å². The van der Waals surface area contributed by atoms with Gasteiger partial charge in [0, 0.05) is 12.1 Å². The van der Waals surface area contributed by atoms with Crippen LogP contribution in [-0.2, 0) is 13.0 Å². The highest BCUT2D eigenvalue weighted by Crippen LogP contribution is 2.29. The topological polar surface area (TPSA) is 84.0 Å². The van der Waals surface area contributed by atoms with Crippen LogP contribution in [-0.4, -0.2) is 15.5 Å². The average molecular weight is 363 g/mol. The van der Waals surface area contributed by atoms with E-state index in [9.17, 15) is 14.4 Å². The van der Waals surface area contributed by atoms with Gasteiger partial charge in [0.05, 0.1) is 17.1 Å². The Morgan fingerprint density at radius 2 is 2.04 bits per heavy atom. The average Bonchev–Trinajstić information content (AvgIpc) is 2.69. The van der Waals surface area contributed by atoms with Gasteiger partial charge in [-0.1, -0.05) is 24.3 Å². The molecule has 0 spiro atoms. The summed E-state index contributed by atoms with van der Waals surface area (Å²) in [5.41, 5.74) is 2.75.